The van der Waals surface area contributed by atoms with E-state index in [1.54, 1.807) is 7.11 Å². The van der Waals surface area contributed by atoms with E-state index in [2.05, 4.69) is 38.5 Å². The predicted octanol–water partition coefficient (Wildman–Crippen LogP) is 1.89. The smallest absolute Gasteiger partial charge is 0.191 e. The Morgan fingerprint density at radius 2 is 2.41 bits per heavy atom. The van der Waals surface area contributed by atoms with Crippen LogP contribution < -0.4 is 15.4 Å². The molecule has 4 nitrogen and oxygen atoms in total. The lowest BCUT2D eigenvalue weighted by atomic mass is 10.2. The number of ether oxygens (including phenoxy) is 1. The number of hydrogen-bond donors (Lipinski definition) is 2. The van der Waals surface area contributed by atoms with Gasteiger partial charge in [0.05, 0.1) is 13.7 Å². The van der Waals surface area contributed by atoms with Gasteiger partial charge in [-0.1, -0.05) is 15.9 Å². The molecule has 1 aliphatic heterocycles. The molecule has 0 saturated carbocycles. The Morgan fingerprint density at radius 3 is 3.06 bits per heavy atom. The van der Waals surface area contributed by atoms with E-state index in [4.69, 9.17) is 4.74 Å². The molecule has 1 aliphatic rings. The highest BCUT2D eigenvalue weighted by atomic mass is 79.9. The fourth-order valence-corrected chi connectivity index (χ4v) is 2.04. The number of benzene rings is 1. The molecule has 2 N–H and O–H groups in total. The highest BCUT2D eigenvalue weighted by Crippen LogP contribution is 2.22. The third kappa shape index (κ3) is 3.12. The summed E-state index contributed by atoms with van der Waals surface area (Å²) < 4.78 is 6.27. The van der Waals surface area contributed by atoms with Gasteiger partial charge in [-0.2, -0.15) is 0 Å². The maximum atomic E-state index is 5.20. The van der Waals surface area contributed by atoms with Crippen molar-refractivity contribution in [2.45, 2.75) is 19.5 Å². The number of halogens is 1. The molecule has 17 heavy (non-hydrogen) atoms. The minimum atomic E-state index is 0.422. The van der Waals surface area contributed by atoms with Crippen LogP contribution in [0, 0.1) is 0 Å². The third-order valence-corrected chi connectivity index (χ3v) is 3.38. The molecule has 0 amide bonds. The molecule has 0 aliphatic carbocycles. The molecule has 0 saturated heterocycles. The van der Waals surface area contributed by atoms with E-state index < -0.39 is 0 Å². The van der Waals surface area contributed by atoms with Gasteiger partial charge in [-0.25, -0.2) is 0 Å². The molecule has 0 aromatic heterocycles. The Balaban J connectivity index is 1.98. The van der Waals surface area contributed by atoms with Crippen molar-refractivity contribution in [3.8, 4) is 5.75 Å². The van der Waals surface area contributed by atoms with Gasteiger partial charge in [0.25, 0.3) is 0 Å². The van der Waals surface area contributed by atoms with Crippen LogP contribution >= 0.6 is 15.9 Å². The minimum Gasteiger partial charge on any atom is -0.497 e. The Morgan fingerprint density at radius 1 is 1.59 bits per heavy atom. The number of hydrogen-bond acceptors (Lipinski definition) is 4. The van der Waals surface area contributed by atoms with Crippen LogP contribution in [0.15, 0.2) is 27.7 Å². The van der Waals surface area contributed by atoms with Gasteiger partial charge in [0.1, 0.15) is 5.75 Å². The van der Waals surface area contributed by atoms with Crippen molar-refractivity contribution < 1.29 is 4.74 Å². The first kappa shape index (κ1) is 12.2. The molecule has 1 aromatic carbocycles. The zero-order valence-electron chi connectivity index (χ0n) is 9.96. The van der Waals surface area contributed by atoms with Crippen molar-refractivity contribution in [3.63, 3.8) is 0 Å². The second-order valence-electron chi connectivity index (χ2n) is 4.05. The summed E-state index contributed by atoms with van der Waals surface area (Å²) in [5, 5.41) is 6.54. The fraction of sp³-hybridized carbons (Fsp3) is 0.417. The first-order valence-corrected chi connectivity index (χ1v) is 6.35. The summed E-state index contributed by atoms with van der Waals surface area (Å²) in [4.78, 5) is 4.35. The Labute approximate surface area is 110 Å². The van der Waals surface area contributed by atoms with E-state index in [-0.39, 0.29) is 0 Å². The second kappa shape index (κ2) is 5.40. The summed E-state index contributed by atoms with van der Waals surface area (Å²) in [6.45, 7) is 3.66. The topological polar surface area (TPSA) is 45.6 Å². The van der Waals surface area contributed by atoms with E-state index in [0.29, 0.717) is 6.04 Å². The highest BCUT2D eigenvalue weighted by Gasteiger charge is 2.12. The van der Waals surface area contributed by atoms with E-state index in [1.165, 1.54) is 0 Å². The number of nitrogens with zero attached hydrogens (tertiary/aromatic N) is 1. The van der Waals surface area contributed by atoms with Crippen LogP contribution in [0.1, 0.15) is 12.5 Å². The molecule has 0 bridgehead atoms. The molecule has 1 heterocycles. The van der Waals surface area contributed by atoms with Crippen LogP contribution in [-0.4, -0.2) is 25.7 Å². The number of aliphatic imine (C=N–C) groups is 1. The lowest BCUT2D eigenvalue weighted by Gasteiger charge is -2.11. The van der Waals surface area contributed by atoms with Crippen LogP contribution in [0.2, 0.25) is 0 Å². The molecule has 1 unspecified atom stereocenters. The molecule has 1 aromatic rings. The summed E-state index contributed by atoms with van der Waals surface area (Å²) in [5.74, 6) is 1.73. The normalized spacial score (nSPS) is 18.5. The monoisotopic (exact) mass is 297 g/mol. The van der Waals surface area contributed by atoms with Gasteiger partial charge in [0.2, 0.25) is 0 Å². The standard InChI is InChI=1S/C12H16BrN3O/c1-8-6-14-12(16-8)15-7-9-5-10(17-2)3-4-11(9)13/h3-5,8H,6-7H2,1-2H3,(H2,14,15,16). The van der Waals surface area contributed by atoms with E-state index in [9.17, 15) is 0 Å². The van der Waals surface area contributed by atoms with Crippen LogP contribution in [0.3, 0.4) is 0 Å². The van der Waals surface area contributed by atoms with E-state index >= 15 is 0 Å². The molecular weight excluding hydrogens is 282 g/mol. The van der Waals surface area contributed by atoms with Crippen LogP contribution in [0.25, 0.3) is 0 Å². The summed E-state index contributed by atoms with van der Waals surface area (Å²) in [5.41, 5.74) is 1.15. The van der Waals surface area contributed by atoms with Gasteiger partial charge in [-0.3, -0.25) is 4.99 Å². The summed E-state index contributed by atoms with van der Waals surface area (Å²) in [6.07, 6.45) is 0. The van der Waals surface area contributed by atoms with Gasteiger partial charge in [0, 0.05) is 17.1 Å². The summed E-state index contributed by atoms with van der Waals surface area (Å²) in [7, 11) is 1.67. The van der Waals surface area contributed by atoms with Gasteiger partial charge in [0.15, 0.2) is 5.96 Å². The molecule has 0 radical (unpaired) electrons. The average molecular weight is 298 g/mol. The largest absolute Gasteiger partial charge is 0.497 e. The molecule has 2 rings (SSSR count). The predicted molar refractivity (Wildman–Crippen MR) is 72.4 cm³/mol. The van der Waals surface area contributed by atoms with Gasteiger partial charge in [-0.15, -0.1) is 0 Å². The third-order valence-electron chi connectivity index (χ3n) is 2.61. The maximum Gasteiger partial charge on any atom is 0.191 e. The zero-order valence-corrected chi connectivity index (χ0v) is 11.5. The molecular formula is C12H16BrN3O. The summed E-state index contributed by atoms with van der Waals surface area (Å²) >= 11 is 3.53. The minimum absolute atomic E-state index is 0.422. The Kier molecular flexibility index (Phi) is 3.89. The van der Waals surface area contributed by atoms with Crippen LogP contribution in [0.4, 0.5) is 0 Å². The van der Waals surface area contributed by atoms with Crippen molar-refractivity contribution in [2.24, 2.45) is 4.99 Å². The maximum absolute atomic E-state index is 5.20. The van der Waals surface area contributed by atoms with Crippen molar-refractivity contribution >= 4 is 21.9 Å². The van der Waals surface area contributed by atoms with E-state index in [1.807, 2.05) is 18.2 Å². The second-order valence-corrected chi connectivity index (χ2v) is 4.90. The summed E-state index contributed by atoms with van der Waals surface area (Å²) in [6, 6.07) is 6.35. The molecule has 1 atom stereocenters. The number of nitrogens with one attached hydrogen (secondary N) is 2. The molecule has 92 valence electrons. The lowest BCUT2D eigenvalue weighted by molar-refractivity contribution is 0.414. The quantitative estimate of drug-likeness (QED) is 0.896. The van der Waals surface area contributed by atoms with Crippen molar-refractivity contribution in [1.29, 1.82) is 0 Å². The number of methoxy groups -OCH3 is 1. The van der Waals surface area contributed by atoms with Crippen molar-refractivity contribution in [3.05, 3.63) is 28.2 Å². The van der Waals surface area contributed by atoms with Gasteiger partial charge >= 0.3 is 0 Å². The first-order valence-electron chi connectivity index (χ1n) is 5.56. The number of rotatable bonds is 3. The van der Waals surface area contributed by atoms with Crippen molar-refractivity contribution in [2.75, 3.05) is 13.7 Å². The molecule has 0 spiro atoms. The van der Waals surface area contributed by atoms with Gasteiger partial charge < -0.3 is 15.4 Å². The van der Waals surface area contributed by atoms with Crippen molar-refractivity contribution in [1.82, 2.24) is 10.6 Å². The molecule has 5 heteroatoms. The van der Waals surface area contributed by atoms with E-state index in [0.717, 1.165) is 34.8 Å². The Hall–Kier alpha value is -1.23. The average Bonchev–Trinajstić information content (AvgIpc) is 2.74. The Bertz CT molecular complexity index is 434. The number of guanidine groups is 1. The first-order chi connectivity index (χ1) is 8.19. The zero-order chi connectivity index (χ0) is 12.3. The SMILES string of the molecule is COc1ccc(Br)c(CNC2=NCC(C)N2)c1. The molecule has 0 fully saturated rings. The van der Waals surface area contributed by atoms with Crippen LogP contribution in [-0.2, 0) is 6.54 Å². The van der Waals surface area contributed by atoms with Crippen LogP contribution in [0.5, 0.6) is 5.75 Å². The fourth-order valence-electron chi connectivity index (χ4n) is 1.65. The van der Waals surface area contributed by atoms with Gasteiger partial charge in [-0.05, 0) is 30.7 Å². The highest BCUT2D eigenvalue weighted by molar-refractivity contribution is 9.10. The lowest BCUT2D eigenvalue weighted by Crippen LogP contribution is -2.37.